The van der Waals surface area contributed by atoms with Gasteiger partial charge in [-0.2, -0.15) is 5.10 Å². The lowest BCUT2D eigenvalue weighted by Gasteiger charge is -2.26. The number of nitrogens with one attached hydrogen (secondary N) is 3. The summed E-state index contributed by atoms with van der Waals surface area (Å²) in [7, 11) is 6.20. The standard InChI is InChI=1S/C40H55FN8O3/c1-6-36-33(39(45-31-16-20-52-21-17-31)34-26-44-49(7-2)40(34)46-36)25-43-38(51)13-9-12-37(50)42-24-28-14-15-35(41)32(23-28)30-11-8-10-29(22-30)27-48(5)19-18-47(3)4/h8,10-11,14-15,22-23,26,31H,6-7,9,12-13,16-21,24-25,27H2,1-5H3,(H,42,50)(H,43,51)(H,45,46). The molecule has 0 atom stereocenters. The fourth-order valence-electron chi connectivity index (χ4n) is 6.58. The molecular weight excluding hydrogens is 659 g/mol. The van der Waals surface area contributed by atoms with Gasteiger partial charge >= 0.3 is 0 Å². The minimum Gasteiger partial charge on any atom is -0.381 e. The first kappa shape index (κ1) is 38.8. The van der Waals surface area contributed by atoms with Crippen LogP contribution in [0.15, 0.2) is 48.7 Å². The first-order valence-electron chi connectivity index (χ1n) is 18.6. The minimum atomic E-state index is -0.302. The molecule has 0 aliphatic carbocycles. The first-order chi connectivity index (χ1) is 25.1. The van der Waals surface area contributed by atoms with Gasteiger partial charge in [-0.1, -0.05) is 31.2 Å². The monoisotopic (exact) mass is 714 g/mol. The maximum absolute atomic E-state index is 15.0. The number of aryl methyl sites for hydroxylation is 2. The van der Waals surface area contributed by atoms with Crippen molar-refractivity contribution in [1.82, 2.24) is 35.2 Å². The van der Waals surface area contributed by atoms with Crippen LogP contribution < -0.4 is 16.0 Å². The number of pyridine rings is 1. The summed E-state index contributed by atoms with van der Waals surface area (Å²) < 4.78 is 22.4. The summed E-state index contributed by atoms with van der Waals surface area (Å²) >= 11 is 0. The van der Waals surface area contributed by atoms with Crippen LogP contribution in [0.3, 0.4) is 0 Å². The van der Waals surface area contributed by atoms with Crippen LogP contribution in [0.25, 0.3) is 22.2 Å². The Labute approximate surface area is 307 Å². The van der Waals surface area contributed by atoms with Gasteiger partial charge in [0.1, 0.15) is 5.82 Å². The second-order valence-corrected chi connectivity index (χ2v) is 14.0. The largest absolute Gasteiger partial charge is 0.381 e. The highest BCUT2D eigenvalue weighted by Crippen LogP contribution is 2.31. The van der Waals surface area contributed by atoms with Crippen molar-refractivity contribution >= 4 is 28.5 Å². The van der Waals surface area contributed by atoms with E-state index in [1.165, 1.54) is 6.07 Å². The summed E-state index contributed by atoms with van der Waals surface area (Å²) in [6.45, 7) is 9.55. The molecule has 0 saturated carbocycles. The molecule has 1 saturated heterocycles. The van der Waals surface area contributed by atoms with E-state index in [1.54, 1.807) is 12.1 Å². The van der Waals surface area contributed by atoms with Gasteiger partial charge in [0.15, 0.2) is 5.65 Å². The number of carbonyl (C=O) groups excluding carboxylic acids is 2. The van der Waals surface area contributed by atoms with E-state index in [-0.39, 0.29) is 43.1 Å². The summed E-state index contributed by atoms with van der Waals surface area (Å²) in [5.41, 5.74) is 6.96. The molecule has 2 aromatic heterocycles. The molecular formula is C40H55FN8O3. The van der Waals surface area contributed by atoms with Crippen LogP contribution in [0.5, 0.6) is 0 Å². The molecule has 280 valence electrons. The van der Waals surface area contributed by atoms with Crippen molar-refractivity contribution in [3.8, 4) is 11.1 Å². The van der Waals surface area contributed by atoms with Crippen LogP contribution >= 0.6 is 0 Å². The second kappa shape index (κ2) is 18.9. The highest BCUT2D eigenvalue weighted by atomic mass is 19.1. The fraction of sp³-hybridized carbons (Fsp3) is 0.500. The fourth-order valence-corrected chi connectivity index (χ4v) is 6.58. The molecule has 52 heavy (non-hydrogen) atoms. The lowest BCUT2D eigenvalue weighted by molar-refractivity contribution is -0.122. The average molecular weight is 715 g/mol. The molecule has 2 aromatic carbocycles. The van der Waals surface area contributed by atoms with Crippen molar-refractivity contribution in [2.24, 2.45) is 0 Å². The average Bonchev–Trinajstić information content (AvgIpc) is 3.56. The number of hydrogen-bond acceptors (Lipinski definition) is 8. The molecule has 5 rings (SSSR count). The number of anilines is 1. The quantitative estimate of drug-likeness (QED) is 0.124. The van der Waals surface area contributed by atoms with E-state index in [2.05, 4.69) is 65.0 Å². The molecule has 0 radical (unpaired) electrons. The van der Waals surface area contributed by atoms with Gasteiger partial charge in [-0.15, -0.1) is 0 Å². The number of fused-ring (bicyclic) bond motifs is 1. The maximum atomic E-state index is 15.0. The highest BCUT2D eigenvalue weighted by Gasteiger charge is 2.22. The van der Waals surface area contributed by atoms with Gasteiger partial charge in [-0.3, -0.25) is 9.59 Å². The lowest BCUT2D eigenvalue weighted by atomic mass is 10.00. The van der Waals surface area contributed by atoms with E-state index >= 15 is 0 Å². The van der Waals surface area contributed by atoms with Crippen LogP contribution in [0.2, 0.25) is 0 Å². The molecule has 0 bridgehead atoms. The Morgan fingerprint density at radius 1 is 0.962 bits per heavy atom. The Kier molecular flexibility index (Phi) is 14.1. The van der Waals surface area contributed by atoms with E-state index in [1.807, 2.05) is 36.0 Å². The SMILES string of the molecule is CCc1nc2c(cnn2CC)c(NC2CCOCC2)c1CNC(=O)CCCC(=O)NCc1ccc(F)c(-c2cccc(CN(C)CCN(C)C)c2)c1. The van der Waals surface area contributed by atoms with E-state index < -0.39 is 0 Å². The van der Waals surface area contributed by atoms with Gasteiger partial charge in [0.05, 0.1) is 17.3 Å². The molecule has 0 spiro atoms. The summed E-state index contributed by atoms with van der Waals surface area (Å²) in [6.07, 6.45) is 5.25. The van der Waals surface area contributed by atoms with Crippen LogP contribution in [0.4, 0.5) is 10.1 Å². The zero-order valence-electron chi connectivity index (χ0n) is 31.4. The molecule has 3 heterocycles. The van der Waals surface area contributed by atoms with Crippen molar-refractivity contribution in [3.63, 3.8) is 0 Å². The van der Waals surface area contributed by atoms with Gasteiger partial charge in [-0.05, 0) is 88.6 Å². The first-order valence-corrected chi connectivity index (χ1v) is 18.6. The lowest BCUT2D eigenvalue weighted by Crippen LogP contribution is -2.30. The zero-order valence-corrected chi connectivity index (χ0v) is 31.4. The van der Waals surface area contributed by atoms with E-state index in [0.29, 0.717) is 18.5 Å². The second-order valence-electron chi connectivity index (χ2n) is 14.0. The molecule has 11 nitrogen and oxygen atoms in total. The Morgan fingerprint density at radius 3 is 2.42 bits per heavy atom. The third kappa shape index (κ3) is 10.6. The van der Waals surface area contributed by atoms with E-state index in [0.717, 1.165) is 103 Å². The molecule has 0 unspecified atom stereocenters. The van der Waals surface area contributed by atoms with Gasteiger partial charge in [0.25, 0.3) is 0 Å². The smallest absolute Gasteiger partial charge is 0.220 e. The predicted molar refractivity (Wildman–Crippen MR) is 204 cm³/mol. The number of amides is 2. The zero-order chi connectivity index (χ0) is 37.0. The Morgan fingerprint density at radius 2 is 1.71 bits per heavy atom. The Hall–Kier alpha value is -4.39. The van der Waals surface area contributed by atoms with Crippen LogP contribution in [0.1, 0.15) is 68.3 Å². The minimum absolute atomic E-state index is 0.120. The van der Waals surface area contributed by atoms with Crippen molar-refractivity contribution < 1.29 is 18.7 Å². The third-order valence-corrected chi connectivity index (χ3v) is 9.59. The summed E-state index contributed by atoms with van der Waals surface area (Å²) in [6, 6.07) is 13.2. The summed E-state index contributed by atoms with van der Waals surface area (Å²) in [5, 5.41) is 15.3. The molecule has 4 aromatic rings. The van der Waals surface area contributed by atoms with Crippen LogP contribution in [-0.4, -0.2) is 89.9 Å². The number of benzene rings is 2. The number of likely N-dealkylation sites (N-methyl/N-ethyl adjacent to an activating group) is 2. The van der Waals surface area contributed by atoms with E-state index in [4.69, 9.17) is 9.72 Å². The van der Waals surface area contributed by atoms with Crippen LogP contribution in [-0.2, 0) is 46.9 Å². The molecule has 1 aliphatic rings. The molecule has 12 heteroatoms. The number of hydrogen-bond donors (Lipinski definition) is 3. The van der Waals surface area contributed by atoms with Crippen molar-refractivity contribution in [3.05, 3.63) is 76.9 Å². The maximum Gasteiger partial charge on any atom is 0.220 e. The summed E-state index contributed by atoms with van der Waals surface area (Å²) in [4.78, 5) is 35.1. The van der Waals surface area contributed by atoms with Crippen molar-refractivity contribution in [1.29, 1.82) is 0 Å². The van der Waals surface area contributed by atoms with Crippen molar-refractivity contribution in [2.75, 3.05) is 52.8 Å². The number of rotatable bonds is 18. The summed E-state index contributed by atoms with van der Waals surface area (Å²) in [5.74, 6) is -0.575. The van der Waals surface area contributed by atoms with Crippen LogP contribution in [0, 0.1) is 5.82 Å². The Bertz CT molecular complexity index is 1800. The predicted octanol–water partition coefficient (Wildman–Crippen LogP) is 5.51. The highest BCUT2D eigenvalue weighted by molar-refractivity contribution is 5.92. The van der Waals surface area contributed by atoms with Gasteiger partial charge in [0.2, 0.25) is 11.8 Å². The number of carbonyl (C=O) groups is 2. The molecule has 2 amide bonds. The molecule has 1 fully saturated rings. The Balaban J connectivity index is 1.13. The van der Waals surface area contributed by atoms with Gasteiger partial charge in [0, 0.05) is 88.2 Å². The van der Waals surface area contributed by atoms with E-state index in [9.17, 15) is 14.0 Å². The number of nitrogens with zero attached hydrogens (tertiary/aromatic N) is 5. The number of halogens is 1. The normalized spacial score (nSPS) is 13.6. The van der Waals surface area contributed by atoms with Crippen molar-refractivity contribution in [2.45, 2.75) is 84.6 Å². The number of ether oxygens (including phenoxy) is 1. The third-order valence-electron chi connectivity index (χ3n) is 9.59. The molecule has 3 N–H and O–H groups in total. The van der Waals surface area contributed by atoms with Gasteiger partial charge < -0.3 is 30.5 Å². The number of aromatic nitrogens is 3. The topological polar surface area (TPSA) is 117 Å². The molecule has 1 aliphatic heterocycles. The van der Waals surface area contributed by atoms with Gasteiger partial charge in [-0.25, -0.2) is 14.1 Å².